The summed E-state index contributed by atoms with van der Waals surface area (Å²) in [6.07, 6.45) is 5.18. The Labute approximate surface area is 270 Å². The molecule has 4 aromatic rings. The van der Waals surface area contributed by atoms with Crippen LogP contribution in [0, 0.1) is 0 Å². The lowest BCUT2D eigenvalue weighted by atomic mass is 9.96. The van der Waals surface area contributed by atoms with Gasteiger partial charge in [0.25, 0.3) is 15.9 Å². The second-order valence-corrected chi connectivity index (χ2v) is 15.2. The molecule has 1 saturated heterocycles. The number of thiophene rings is 1. The first kappa shape index (κ1) is 31.9. The van der Waals surface area contributed by atoms with E-state index in [0.29, 0.717) is 39.3 Å². The monoisotopic (exact) mass is 673 g/mol. The van der Waals surface area contributed by atoms with E-state index in [1.54, 1.807) is 42.5 Å². The molecule has 2 heterocycles. The van der Waals surface area contributed by atoms with Gasteiger partial charge < -0.3 is 15.4 Å². The number of rotatable bonds is 9. The maximum atomic E-state index is 16.4. The highest BCUT2D eigenvalue weighted by molar-refractivity contribution is 7.91. The molecule has 3 aromatic carbocycles. The molecule has 6 rings (SSSR count). The minimum Gasteiger partial charge on any atom is -0.490 e. The molecule has 0 bridgehead atoms. The lowest BCUT2D eigenvalue weighted by Gasteiger charge is -2.35. The summed E-state index contributed by atoms with van der Waals surface area (Å²) < 4.78 is 68.7. The van der Waals surface area contributed by atoms with Crippen molar-refractivity contribution in [3.05, 3.63) is 83.4 Å². The number of nitrogens with zero attached hydrogens (tertiary/aromatic N) is 1. The Morgan fingerprint density at radius 2 is 1.58 bits per heavy atom. The highest BCUT2D eigenvalue weighted by atomic mass is 35.5. The SMILES string of the molecule is NC1CCN(C(=O)C(NS(=O)(=O)c2cc3ccc(OC4CCCC4)cc3s2)C(F)(F)c2ccc(-c3ccc(Cl)cc3)cc2)CC1. The van der Waals surface area contributed by atoms with Crippen molar-refractivity contribution in [2.75, 3.05) is 13.1 Å². The molecule has 0 spiro atoms. The number of alkyl halides is 2. The molecule has 45 heavy (non-hydrogen) atoms. The van der Waals surface area contributed by atoms with E-state index < -0.39 is 33.5 Å². The standard InChI is InChI=1S/C33H34ClF2N3O4S2/c34-25-12-7-22(8-13-25)21-5-10-24(11-6-21)33(35,36)31(32(40)39-17-15-26(37)16-18-39)38-45(41,42)30-19-23-9-14-28(20-29(23)44-30)43-27-3-1-2-4-27/h5-14,19-20,26-27,31,38H,1-4,15-18,37H2. The third kappa shape index (κ3) is 7.02. The minimum absolute atomic E-state index is 0.130. The first-order valence-electron chi connectivity index (χ1n) is 15.0. The van der Waals surface area contributed by atoms with Gasteiger partial charge in [0, 0.05) is 34.4 Å². The highest BCUT2D eigenvalue weighted by Crippen LogP contribution is 2.38. The predicted molar refractivity (Wildman–Crippen MR) is 173 cm³/mol. The zero-order valence-corrected chi connectivity index (χ0v) is 26.8. The Hall–Kier alpha value is -3.09. The Balaban J connectivity index is 1.29. The summed E-state index contributed by atoms with van der Waals surface area (Å²) in [5.74, 6) is -4.23. The molecule has 1 saturated carbocycles. The van der Waals surface area contributed by atoms with Crippen molar-refractivity contribution < 1.29 is 26.7 Å². The molecule has 1 aliphatic carbocycles. The van der Waals surface area contributed by atoms with E-state index in [4.69, 9.17) is 22.1 Å². The summed E-state index contributed by atoms with van der Waals surface area (Å²) in [5.41, 5.74) is 6.93. The Bertz CT molecular complexity index is 1770. The van der Waals surface area contributed by atoms with Crippen molar-refractivity contribution in [3.8, 4) is 16.9 Å². The quantitative estimate of drug-likeness (QED) is 0.201. The Morgan fingerprint density at radius 3 is 2.22 bits per heavy atom. The van der Waals surface area contributed by atoms with Crippen molar-refractivity contribution in [2.24, 2.45) is 5.73 Å². The summed E-state index contributed by atoms with van der Waals surface area (Å²) in [6.45, 7) is 0.326. The molecule has 12 heteroatoms. The average molecular weight is 674 g/mol. The van der Waals surface area contributed by atoms with Gasteiger partial charge in [0.1, 0.15) is 9.96 Å². The van der Waals surface area contributed by atoms with Gasteiger partial charge in [0.2, 0.25) is 5.91 Å². The number of sulfonamides is 1. The van der Waals surface area contributed by atoms with Crippen molar-refractivity contribution >= 4 is 49.0 Å². The number of benzene rings is 3. The lowest BCUT2D eigenvalue weighted by molar-refractivity contribution is -0.145. The molecule has 1 unspecified atom stereocenters. The van der Waals surface area contributed by atoms with Crippen molar-refractivity contribution in [2.45, 2.75) is 66.8 Å². The molecule has 1 amide bonds. The molecular formula is C33H34ClF2N3O4S2. The molecule has 2 aliphatic rings. The molecule has 3 N–H and O–H groups in total. The molecule has 7 nitrogen and oxygen atoms in total. The Morgan fingerprint density at radius 1 is 0.956 bits per heavy atom. The van der Waals surface area contributed by atoms with Crippen LogP contribution in [0.3, 0.4) is 0 Å². The summed E-state index contributed by atoms with van der Waals surface area (Å²) in [4.78, 5) is 15.0. The van der Waals surface area contributed by atoms with Crippen molar-refractivity contribution in [1.29, 1.82) is 0 Å². The van der Waals surface area contributed by atoms with Crippen LogP contribution in [0.1, 0.15) is 44.1 Å². The third-order valence-corrected chi connectivity index (χ3v) is 11.8. The van der Waals surface area contributed by atoms with Crippen LogP contribution in [0.5, 0.6) is 5.75 Å². The van der Waals surface area contributed by atoms with E-state index in [0.717, 1.165) is 42.6 Å². The van der Waals surface area contributed by atoms with E-state index in [-0.39, 0.29) is 29.4 Å². The fourth-order valence-corrected chi connectivity index (χ4v) is 8.64. The van der Waals surface area contributed by atoms with E-state index in [9.17, 15) is 13.2 Å². The van der Waals surface area contributed by atoms with Crippen LogP contribution in [0.2, 0.25) is 5.02 Å². The van der Waals surface area contributed by atoms with Gasteiger partial charge in [0.05, 0.1) is 6.10 Å². The number of nitrogens with two attached hydrogens (primary N) is 1. The zero-order valence-electron chi connectivity index (χ0n) is 24.4. The summed E-state index contributed by atoms with van der Waals surface area (Å²) in [6, 6.07) is 16.6. The first-order chi connectivity index (χ1) is 21.5. The number of likely N-dealkylation sites (tertiary alicyclic amines) is 1. The van der Waals surface area contributed by atoms with Crippen LogP contribution in [-0.2, 0) is 20.7 Å². The van der Waals surface area contributed by atoms with Gasteiger partial charge in [-0.25, -0.2) is 8.42 Å². The van der Waals surface area contributed by atoms with Crippen LogP contribution in [-0.4, -0.2) is 50.5 Å². The predicted octanol–water partition coefficient (Wildman–Crippen LogP) is 6.93. The summed E-state index contributed by atoms with van der Waals surface area (Å²) in [5, 5.41) is 1.18. The van der Waals surface area contributed by atoms with Crippen molar-refractivity contribution in [3.63, 3.8) is 0 Å². The number of piperidine rings is 1. The fraction of sp³-hybridized carbons (Fsp3) is 0.364. The summed E-state index contributed by atoms with van der Waals surface area (Å²) >= 11 is 6.92. The second-order valence-electron chi connectivity index (χ2n) is 11.7. The van der Waals surface area contributed by atoms with E-state index in [2.05, 4.69) is 4.72 Å². The lowest BCUT2D eigenvalue weighted by Crippen LogP contribution is -2.57. The van der Waals surface area contributed by atoms with Crippen LogP contribution < -0.4 is 15.2 Å². The maximum Gasteiger partial charge on any atom is 0.298 e. The topological polar surface area (TPSA) is 102 Å². The van der Waals surface area contributed by atoms with E-state index in [1.165, 1.54) is 35.2 Å². The molecule has 0 radical (unpaired) electrons. The van der Waals surface area contributed by atoms with E-state index in [1.807, 2.05) is 0 Å². The second kappa shape index (κ2) is 13.0. The molecule has 1 aliphatic heterocycles. The van der Waals surface area contributed by atoms with Gasteiger partial charge in [-0.2, -0.15) is 13.5 Å². The van der Waals surface area contributed by atoms with Gasteiger partial charge in [-0.15, -0.1) is 11.3 Å². The number of ether oxygens (including phenoxy) is 1. The molecule has 238 valence electrons. The van der Waals surface area contributed by atoms with Crippen LogP contribution >= 0.6 is 22.9 Å². The van der Waals surface area contributed by atoms with E-state index >= 15 is 8.78 Å². The summed E-state index contributed by atoms with van der Waals surface area (Å²) in [7, 11) is -4.53. The highest BCUT2D eigenvalue weighted by Gasteiger charge is 2.50. The maximum absolute atomic E-state index is 16.4. The zero-order chi connectivity index (χ0) is 31.8. The average Bonchev–Trinajstić information content (AvgIpc) is 3.71. The number of hydrogen-bond acceptors (Lipinski definition) is 6. The molecule has 2 fully saturated rings. The first-order valence-corrected chi connectivity index (χ1v) is 17.7. The van der Waals surface area contributed by atoms with Crippen molar-refractivity contribution in [1.82, 2.24) is 9.62 Å². The fourth-order valence-electron chi connectivity index (χ4n) is 5.88. The Kier molecular flexibility index (Phi) is 9.18. The van der Waals surface area contributed by atoms with Gasteiger partial charge in [-0.1, -0.05) is 48.0 Å². The smallest absolute Gasteiger partial charge is 0.298 e. The van der Waals surface area contributed by atoms with Gasteiger partial charge in [0.15, 0.2) is 6.04 Å². The van der Waals surface area contributed by atoms with Crippen LogP contribution in [0.4, 0.5) is 8.78 Å². The molecule has 1 atom stereocenters. The number of halogens is 3. The number of nitrogens with one attached hydrogen (secondary N) is 1. The molecular weight excluding hydrogens is 640 g/mol. The minimum atomic E-state index is -4.53. The number of carbonyl (C=O) groups is 1. The van der Waals surface area contributed by atoms with Gasteiger partial charge >= 0.3 is 0 Å². The number of fused-ring (bicyclic) bond motifs is 1. The van der Waals surface area contributed by atoms with Gasteiger partial charge in [-0.05, 0) is 91.4 Å². The number of amides is 1. The number of carbonyl (C=O) groups excluding carboxylic acids is 1. The van der Waals surface area contributed by atoms with Gasteiger partial charge in [-0.3, -0.25) is 4.79 Å². The molecule has 1 aromatic heterocycles. The number of hydrogen-bond donors (Lipinski definition) is 2. The van der Waals surface area contributed by atoms with Crippen LogP contribution in [0.15, 0.2) is 77.0 Å². The van der Waals surface area contributed by atoms with Crippen LogP contribution in [0.25, 0.3) is 21.2 Å². The largest absolute Gasteiger partial charge is 0.490 e. The normalized spacial score (nSPS) is 17.6. The third-order valence-electron chi connectivity index (χ3n) is 8.52.